The Morgan fingerprint density at radius 1 is 0.971 bits per heavy atom. The van der Waals surface area contributed by atoms with E-state index in [1.165, 1.54) is 4.90 Å². The minimum atomic E-state index is -0.554. The lowest BCUT2D eigenvalue weighted by molar-refractivity contribution is -0.141. The lowest BCUT2D eigenvalue weighted by atomic mass is 9.82. The van der Waals surface area contributed by atoms with Gasteiger partial charge in [0.05, 0.1) is 11.1 Å². The molecule has 1 aliphatic carbocycles. The first-order chi connectivity index (χ1) is 16.5. The second kappa shape index (κ2) is 9.63. The zero-order valence-electron chi connectivity index (χ0n) is 21.4. The zero-order valence-corrected chi connectivity index (χ0v) is 21.4. The summed E-state index contributed by atoms with van der Waals surface area (Å²) in [6, 6.07) is 6.76. The van der Waals surface area contributed by atoms with Gasteiger partial charge in [0.2, 0.25) is 5.91 Å². The Bertz CT molecular complexity index is 973. The molecule has 2 fully saturated rings. The van der Waals surface area contributed by atoms with Crippen molar-refractivity contribution in [2.75, 3.05) is 6.54 Å². The maximum Gasteiger partial charge on any atom is 0.407 e. The summed E-state index contributed by atoms with van der Waals surface area (Å²) in [6.07, 6.45) is 2.86. The molecule has 4 rings (SSSR count). The fraction of sp³-hybridized carbons (Fsp3) is 0.630. The van der Waals surface area contributed by atoms with Crippen LogP contribution in [-0.4, -0.2) is 63.9 Å². The monoisotopic (exact) mass is 483 g/mol. The van der Waals surface area contributed by atoms with E-state index in [1.54, 1.807) is 24.3 Å². The fourth-order valence-electron chi connectivity index (χ4n) is 5.67. The predicted molar refractivity (Wildman–Crippen MR) is 131 cm³/mol. The van der Waals surface area contributed by atoms with Gasteiger partial charge in [0.15, 0.2) is 0 Å². The Labute approximate surface area is 207 Å². The fourth-order valence-corrected chi connectivity index (χ4v) is 5.67. The van der Waals surface area contributed by atoms with Gasteiger partial charge < -0.3 is 15.0 Å². The summed E-state index contributed by atoms with van der Waals surface area (Å²) in [5.41, 5.74) is 0.393. The predicted octanol–water partition coefficient (Wildman–Crippen LogP) is 3.99. The quantitative estimate of drug-likeness (QED) is 0.656. The lowest BCUT2D eigenvalue weighted by Crippen LogP contribution is -2.57. The van der Waals surface area contributed by atoms with Crippen molar-refractivity contribution >= 4 is 23.8 Å². The third kappa shape index (κ3) is 5.21. The number of benzene rings is 1. The molecule has 0 spiro atoms. The number of piperidine rings is 1. The van der Waals surface area contributed by atoms with Gasteiger partial charge in [0.25, 0.3) is 11.8 Å². The van der Waals surface area contributed by atoms with Crippen molar-refractivity contribution in [2.24, 2.45) is 11.8 Å². The molecule has 4 amide bonds. The van der Waals surface area contributed by atoms with Gasteiger partial charge in [0.1, 0.15) is 5.60 Å². The highest BCUT2D eigenvalue weighted by Gasteiger charge is 2.43. The highest BCUT2D eigenvalue weighted by atomic mass is 16.6. The molecule has 1 aromatic rings. The minimum absolute atomic E-state index is 0.00703. The molecular formula is C27H37N3O5. The third-order valence-corrected chi connectivity index (χ3v) is 7.52. The first-order valence-corrected chi connectivity index (χ1v) is 12.7. The molecule has 1 aromatic carbocycles. The van der Waals surface area contributed by atoms with E-state index in [0.29, 0.717) is 49.8 Å². The van der Waals surface area contributed by atoms with E-state index in [9.17, 15) is 19.2 Å². The number of likely N-dealkylation sites (tertiary alicyclic amines) is 1. The Morgan fingerprint density at radius 2 is 1.54 bits per heavy atom. The van der Waals surface area contributed by atoms with Crippen molar-refractivity contribution in [1.29, 1.82) is 0 Å². The number of alkyl carbamates (subject to hydrolysis) is 1. The van der Waals surface area contributed by atoms with Gasteiger partial charge in [-0.3, -0.25) is 19.3 Å². The second-order valence-electron chi connectivity index (χ2n) is 11.3. The summed E-state index contributed by atoms with van der Waals surface area (Å²) in [4.78, 5) is 54.7. The van der Waals surface area contributed by atoms with Gasteiger partial charge in [-0.1, -0.05) is 19.1 Å². The second-order valence-corrected chi connectivity index (χ2v) is 11.3. The molecule has 0 radical (unpaired) electrons. The number of nitrogens with one attached hydrogen (secondary N) is 1. The van der Waals surface area contributed by atoms with Crippen LogP contribution in [0.2, 0.25) is 0 Å². The van der Waals surface area contributed by atoms with E-state index in [-0.39, 0.29) is 47.7 Å². The topological polar surface area (TPSA) is 96.0 Å². The van der Waals surface area contributed by atoms with Crippen molar-refractivity contribution in [3.63, 3.8) is 0 Å². The number of hydrogen-bond acceptors (Lipinski definition) is 5. The first kappa shape index (κ1) is 25.2. The smallest absolute Gasteiger partial charge is 0.407 e. The van der Waals surface area contributed by atoms with Gasteiger partial charge in [0, 0.05) is 30.6 Å². The molecular weight excluding hydrogens is 446 g/mol. The molecule has 3 aliphatic rings. The normalized spacial score (nSPS) is 29.1. The highest BCUT2D eigenvalue weighted by molar-refractivity contribution is 6.21. The van der Waals surface area contributed by atoms with E-state index < -0.39 is 11.7 Å². The number of nitrogens with zero attached hydrogens (tertiary/aromatic N) is 2. The number of imide groups is 1. The number of ether oxygens (including phenoxy) is 1. The van der Waals surface area contributed by atoms with Gasteiger partial charge in [-0.2, -0.15) is 0 Å². The average Bonchev–Trinajstić information content (AvgIpc) is 3.05. The Kier molecular flexibility index (Phi) is 6.93. The number of rotatable bonds is 3. The summed E-state index contributed by atoms with van der Waals surface area (Å²) < 4.78 is 5.40. The molecule has 2 aliphatic heterocycles. The Balaban J connectivity index is 1.32. The summed E-state index contributed by atoms with van der Waals surface area (Å²) in [5, 5.41) is 2.98. The SMILES string of the molecule is CC1CN(C(=O)C2CCC(N3C(=O)c4ccccc4C3=O)CC2)C(C)CC1NC(=O)OC(C)(C)C. The highest BCUT2D eigenvalue weighted by Crippen LogP contribution is 2.35. The van der Waals surface area contributed by atoms with Crippen LogP contribution in [0, 0.1) is 11.8 Å². The zero-order chi connectivity index (χ0) is 25.5. The van der Waals surface area contributed by atoms with Gasteiger partial charge >= 0.3 is 6.09 Å². The summed E-state index contributed by atoms with van der Waals surface area (Å²) >= 11 is 0. The van der Waals surface area contributed by atoms with Crippen LogP contribution in [-0.2, 0) is 9.53 Å². The third-order valence-electron chi connectivity index (χ3n) is 7.52. The molecule has 1 saturated carbocycles. The molecule has 3 atom stereocenters. The largest absolute Gasteiger partial charge is 0.444 e. The molecule has 0 bridgehead atoms. The van der Waals surface area contributed by atoms with E-state index in [2.05, 4.69) is 5.32 Å². The standard InChI is InChI=1S/C27H37N3O5/c1-16-15-29(17(2)14-22(16)28-26(34)35-27(3,4)5)23(31)18-10-12-19(13-11-18)30-24(32)20-8-6-7-9-21(20)25(30)33/h6-9,16-19,22H,10-15H2,1-5H3,(H,28,34). The van der Waals surface area contributed by atoms with Crippen LogP contribution >= 0.6 is 0 Å². The molecule has 1 saturated heterocycles. The van der Waals surface area contributed by atoms with Gasteiger partial charge in [-0.25, -0.2) is 4.79 Å². The minimum Gasteiger partial charge on any atom is -0.444 e. The molecule has 190 valence electrons. The summed E-state index contributed by atoms with van der Waals surface area (Å²) in [6.45, 7) is 10.2. The lowest BCUT2D eigenvalue weighted by Gasteiger charge is -2.44. The molecule has 2 heterocycles. The molecule has 3 unspecified atom stereocenters. The Morgan fingerprint density at radius 3 is 2.09 bits per heavy atom. The number of fused-ring (bicyclic) bond motifs is 1. The molecule has 35 heavy (non-hydrogen) atoms. The van der Waals surface area contributed by atoms with Crippen molar-refractivity contribution in [3.05, 3.63) is 35.4 Å². The van der Waals surface area contributed by atoms with E-state index in [1.807, 2.05) is 39.5 Å². The van der Waals surface area contributed by atoms with Crippen LogP contribution in [0.25, 0.3) is 0 Å². The molecule has 1 N–H and O–H groups in total. The van der Waals surface area contributed by atoms with Crippen LogP contribution in [0.4, 0.5) is 4.79 Å². The summed E-state index contributed by atoms with van der Waals surface area (Å²) in [7, 11) is 0. The number of hydrogen-bond donors (Lipinski definition) is 1. The van der Waals surface area contributed by atoms with Crippen LogP contribution in [0.1, 0.15) is 87.4 Å². The van der Waals surface area contributed by atoms with Crippen molar-refractivity contribution in [1.82, 2.24) is 15.1 Å². The van der Waals surface area contributed by atoms with Crippen LogP contribution < -0.4 is 5.32 Å². The van der Waals surface area contributed by atoms with E-state index in [4.69, 9.17) is 4.74 Å². The van der Waals surface area contributed by atoms with Gasteiger partial charge in [-0.15, -0.1) is 0 Å². The molecule has 8 nitrogen and oxygen atoms in total. The van der Waals surface area contributed by atoms with Crippen molar-refractivity contribution < 1.29 is 23.9 Å². The number of amides is 4. The van der Waals surface area contributed by atoms with E-state index in [0.717, 1.165) is 0 Å². The van der Waals surface area contributed by atoms with Crippen molar-refractivity contribution in [3.8, 4) is 0 Å². The van der Waals surface area contributed by atoms with Gasteiger partial charge in [-0.05, 0) is 77.8 Å². The first-order valence-electron chi connectivity index (χ1n) is 12.7. The summed E-state index contributed by atoms with van der Waals surface area (Å²) in [5.74, 6) is -0.297. The number of carbonyl (C=O) groups excluding carboxylic acids is 4. The maximum atomic E-state index is 13.4. The Hall–Kier alpha value is -2.90. The molecule has 8 heteroatoms. The van der Waals surface area contributed by atoms with E-state index >= 15 is 0 Å². The van der Waals surface area contributed by atoms with Crippen LogP contribution in [0.5, 0.6) is 0 Å². The average molecular weight is 484 g/mol. The molecule has 0 aromatic heterocycles. The number of carbonyl (C=O) groups is 4. The maximum absolute atomic E-state index is 13.4. The van der Waals surface area contributed by atoms with Crippen LogP contribution in [0.3, 0.4) is 0 Å². The van der Waals surface area contributed by atoms with Crippen molar-refractivity contribution in [2.45, 2.75) is 90.4 Å². The van der Waals surface area contributed by atoms with Crippen LogP contribution in [0.15, 0.2) is 24.3 Å².